The van der Waals surface area contributed by atoms with Crippen LogP contribution in [0.4, 0.5) is 5.82 Å². The monoisotopic (exact) mass is 316 g/mol. The topological polar surface area (TPSA) is 95.6 Å². The molecule has 0 saturated heterocycles. The van der Waals surface area contributed by atoms with Gasteiger partial charge in [-0.15, -0.1) is 0 Å². The standard InChI is InChI=1S/C17H20N2O4/c20-13-10-6-2-5-9-12(13)18-16-14(17(21)22)15(23-19-16)11-7-3-1-4-8-11/h1,3-4,7-8,12-13,20H,2,5-6,9-10H2,(H,18,19)(H,21,22)/t12-,13-/m1/s1. The Morgan fingerprint density at radius 3 is 2.65 bits per heavy atom. The van der Waals surface area contributed by atoms with Gasteiger partial charge in [-0.25, -0.2) is 4.79 Å². The Morgan fingerprint density at radius 2 is 1.91 bits per heavy atom. The van der Waals surface area contributed by atoms with Crippen LogP contribution in [0.25, 0.3) is 11.3 Å². The summed E-state index contributed by atoms with van der Waals surface area (Å²) in [5.41, 5.74) is 0.666. The van der Waals surface area contributed by atoms with E-state index in [-0.39, 0.29) is 23.2 Å². The second-order valence-electron chi connectivity index (χ2n) is 5.86. The number of hydrogen-bond acceptors (Lipinski definition) is 5. The first kappa shape index (κ1) is 15.6. The fourth-order valence-electron chi connectivity index (χ4n) is 3.01. The SMILES string of the molecule is O=C(O)c1c(N[C@@H]2CCCCC[C@H]2O)noc1-c1ccccc1. The molecule has 0 spiro atoms. The van der Waals surface area contributed by atoms with Crippen molar-refractivity contribution in [3.63, 3.8) is 0 Å². The molecule has 3 rings (SSSR count). The zero-order valence-corrected chi connectivity index (χ0v) is 12.7. The molecule has 2 atom stereocenters. The number of aliphatic hydroxyl groups excluding tert-OH is 1. The Balaban J connectivity index is 1.91. The summed E-state index contributed by atoms with van der Waals surface area (Å²) in [6.45, 7) is 0. The van der Waals surface area contributed by atoms with E-state index in [2.05, 4.69) is 10.5 Å². The normalized spacial score (nSPS) is 21.6. The molecule has 3 N–H and O–H groups in total. The Bertz CT molecular complexity index is 668. The van der Waals surface area contributed by atoms with E-state index in [9.17, 15) is 15.0 Å². The molecule has 122 valence electrons. The molecule has 1 heterocycles. The molecule has 6 nitrogen and oxygen atoms in total. The fourth-order valence-corrected chi connectivity index (χ4v) is 3.01. The summed E-state index contributed by atoms with van der Waals surface area (Å²) in [4.78, 5) is 11.7. The number of aliphatic hydroxyl groups is 1. The minimum Gasteiger partial charge on any atom is -0.477 e. The van der Waals surface area contributed by atoms with Crippen molar-refractivity contribution in [1.82, 2.24) is 5.16 Å². The molecule has 2 aromatic rings. The first-order valence-electron chi connectivity index (χ1n) is 7.90. The van der Waals surface area contributed by atoms with Crippen LogP contribution in [-0.4, -0.2) is 33.5 Å². The van der Waals surface area contributed by atoms with Gasteiger partial charge >= 0.3 is 5.97 Å². The minimum atomic E-state index is -1.10. The van der Waals surface area contributed by atoms with Crippen LogP contribution in [0.1, 0.15) is 42.5 Å². The summed E-state index contributed by atoms with van der Waals surface area (Å²) < 4.78 is 5.28. The highest BCUT2D eigenvalue weighted by Crippen LogP contribution is 2.31. The zero-order chi connectivity index (χ0) is 16.2. The number of rotatable bonds is 4. The van der Waals surface area contributed by atoms with Gasteiger partial charge in [0.1, 0.15) is 0 Å². The van der Waals surface area contributed by atoms with Crippen molar-refractivity contribution in [3.8, 4) is 11.3 Å². The largest absolute Gasteiger partial charge is 0.477 e. The average Bonchev–Trinajstić information content (AvgIpc) is 2.87. The van der Waals surface area contributed by atoms with Crippen LogP contribution in [0.5, 0.6) is 0 Å². The van der Waals surface area contributed by atoms with Crippen molar-refractivity contribution in [2.24, 2.45) is 0 Å². The number of benzene rings is 1. The molecular formula is C17H20N2O4. The molecule has 0 radical (unpaired) electrons. The quantitative estimate of drug-likeness (QED) is 0.750. The first-order valence-corrected chi connectivity index (χ1v) is 7.90. The lowest BCUT2D eigenvalue weighted by molar-refractivity contribution is 0.0697. The number of carboxylic acids is 1. The van der Waals surface area contributed by atoms with E-state index in [1.54, 1.807) is 12.1 Å². The van der Waals surface area contributed by atoms with E-state index in [1.165, 1.54) is 0 Å². The Kier molecular flexibility index (Phi) is 4.62. The highest BCUT2D eigenvalue weighted by Gasteiger charge is 2.28. The molecule has 23 heavy (non-hydrogen) atoms. The van der Waals surface area contributed by atoms with Crippen LogP contribution in [0.15, 0.2) is 34.9 Å². The molecular weight excluding hydrogens is 296 g/mol. The van der Waals surface area contributed by atoms with Crippen LogP contribution >= 0.6 is 0 Å². The van der Waals surface area contributed by atoms with Crippen molar-refractivity contribution in [1.29, 1.82) is 0 Å². The zero-order valence-electron chi connectivity index (χ0n) is 12.7. The molecule has 1 aromatic carbocycles. The lowest BCUT2D eigenvalue weighted by Gasteiger charge is -2.21. The van der Waals surface area contributed by atoms with Crippen LogP contribution in [0, 0.1) is 0 Å². The van der Waals surface area contributed by atoms with Crippen molar-refractivity contribution in [3.05, 3.63) is 35.9 Å². The third-order valence-corrected chi connectivity index (χ3v) is 4.24. The van der Waals surface area contributed by atoms with E-state index in [1.807, 2.05) is 18.2 Å². The van der Waals surface area contributed by atoms with Crippen LogP contribution in [0.3, 0.4) is 0 Å². The van der Waals surface area contributed by atoms with Crippen LogP contribution in [-0.2, 0) is 0 Å². The van der Waals surface area contributed by atoms with Gasteiger partial charge in [-0.2, -0.15) is 0 Å². The molecule has 0 amide bonds. The van der Waals surface area contributed by atoms with E-state index in [0.717, 1.165) is 25.7 Å². The molecule has 0 aliphatic heterocycles. The maximum atomic E-state index is 11.7. The first-order chi connectivity index (χ1) is 11.2. The predicted molar refractivity (Wildman–Crippen MR) is 85.4 cm³/mol. The van der Waals surface area contributed by atoms with Crippen molar-refractivity contribution < 1.29 is 19.5 Å². The van der Waals surface area contributed by atoms with Gasteiger partial charge in [-0.05, 0) is 12.8 Å². The molecule has 1 fully saturated rings. The third kappa shape index (κ3) is 3.37. The summed E-state index contributed by atoms with van der Waals surface area (Å²) in [7, 11) is 0. The molecule has 6 heteroatoms. The van der Waals surface area contributed by atoms with Gasteiger partial charge in [0.05, 0.1) is 12.1 Å². The van der Waals surface area contributed by atoms with E-state index < -0.39 is 12.1 Å². The summed E-state index contributed by atoms with van der Waals surface area (Å²) in [6.07, 6.45) is 4.06. The number of nitrogens with zero attached hydrogens (tertiary/aromatic N) is 1. The van der Waals surface area contributed by atoms with Crippen LogP contribution < -0.4 is 5.32 Å². The van der Waals surface area contributed by atoms with Gasteiger partial charge in [-0.3, -0.25) is 0 Å². The van der Waals surface area contributed by atoms with Crippen molar-refractivity contribution in [2.45, 2.75) is 44.2 Å². The highest BCUT2D eigenvalue weighted by atomic mass is 16.5. The van der Waals surface area contributed by atoms with Gasteiger partial charge < -0.3 is 20.1 Å². The number of aromatic carboxylic acids is 1. The third-order valence-electron chi connectivity index (χ3n) is 4.24. The van der Waals surface area contributed by atoms with Crippen LogP contribution in [0.2, 0.25) is 0 Å². The Morgan fingerprint density at radius 1 is 1.17 bits per heavy atom. The average molecular weight is 316 g/mol. The molecule has 0 unspecified atom stereocenters. The molecule has 1 aliphatic carbocycles. The number of aromatic nitrogens is 1. The second-order valence-corrected chi connectivity index (χ2v) is 5.86. The maximum absolute atomic E-state index is 11.7. The Labute approximate surface area is 134 Å². The number of carboxylic acid groups (broad SMARTS) is 1. The number of carbonyl (C=O) groups is 1. The summed E-state index contributed by atoms with van der Waals surface area (Å²) in [6, 6.07) is 8.82. The number of nitrogens with one attached hydrogen (secondary N) is 1. The number of hydrogen-bond donors (Lipinski definition) is 3. The Hall–Kier alpha value is -2.34. The predicted octanol–water partition coefficient (Wildman–Crippen LogP) is 3.15. The molecule has 1 aliphatic rings. The van der Waals surface area contributed by atoms with E-state index in [4.69, 9.17) is 4.52 Å². The van der Waals surface area contributed by atoms with Crippen molar-refractivity contribution >= 4 is 11.8 Å². The summed E-state index contributed by atoms with van der Waals surface area (Å²) in [5.74, 6) is -0.693. The second kappa shape index (κ2) is 6.83. The number of anilines is 1. The van der Waals surface area contributed by atoms with E-state index >= 15 is 0 Å². The summed E-state index contributed by atoms with van der Waals surface area (Å²) in [5, 5.41) is 26.7. The molecule has 0 bridgehead atoms. The van der Waals surface area contributed by atoms with Gasteiger partial charge in [0, 0.05) is 5.56 Å². The molecule has 1 aromatic heterocycles. The highest BCUT2D eigenvalue weighted by molar-refractivity contribution is 5.99. The summed E-state index contributed by atoms with van der Waals surface area (Å²) >= 11 is 0. The lowest BCUT2D eigenvalue weighted by Crippen LogP contribution is -2.33. The fraction of sp³-hybridized carbons (Fsp3) is 0.412. The van der Waals surface area contributed by atoms with E-state index in [0.29, 0.717) is 12.0 Å². The minimum absolute atomic E-state index is 0.00708. The molecule has 1 saturated carbocycles. The van der Waals surface area contributed by atoms with Gasteiger partial charge in [0.25, 0.3) is 0 Å². The van der Waals surface area contributed by atoms with Gasteiger partial charge in [0.2, 0.25) is 0 Å². The van der Waals surface area contributed by atoms with Gasteiger partial charge in [-0.1, -0.05) is 54.8 Å². The smallest absolute Gasteiger partial charge is 0.343 e. The lowest BCUT2D eigenvalue weighted by atomic mass is 10.0. The maximum Gasteiger partial charge on any atom is 0.343 e. The van der Waals surface area contributed by atoms with Gasteiger partial charge in [0.15, 0.2) is 17.1 Å². The van der Waals surface area contributed by atoms with Crippen molar-refractivity contribution in [2.75, 3.05) is 5.32 Å².